The largest absolute Gasteiger partial charge is 0.247 e. The maximum atomic E-state index is 5.37. The first kappa shape index (κ1) is 29.9. The number of hydrogen-bond acceptors (Lipinski definition) is 3. The fourth-order valence-corrected chi connectivity index (χ4v) is 7.58. The molecule has 0 bridgehead atoms. The van der Waals surface area contributed by atoms with Crippen LogP contribution in [0.5, 0.6) is 0 Å². The van der Waals surface area contributed by atoms with Crippen LogP contribution in [-0.4, -0.2) is 15.0 Å². The Kier molecular flexibility index (Phi) is 7.14. The Morgan fingerprint density at radius 1 is 0.269 bits per heavy atom. The lowest BCUT2D eigenvalue weighted by Crippen LogP contribution is -1.96. The standard InChI is InChI=1S/C49H31N3/c1-3-14-33(15-4-1)44-31-45(34-16-5-2-6-17-34)52-49(51-44)35-28-26-32(27-29-35)36-18-13-19-37(30-36)48-47-41-23-10-8-21-39(41)38-20-7-9-22-40(38)46(47)42-24-11-12-25-43(42)50-48/h1-31H. The van der Waals surface area contributed by atoms with Crippen molar-refractivity contribution >= 4 is 43.2 Å². The number of hydrogen-bond donors (Lipinski definition) is 0. The Labute approximate surface area is 301 Å². The van der Waals surface area contributed by atoms with Crippen molar-refractivity contribution in [1.29, 1.82) is 0 Å². The van der Waals surface area contributed by atoms with Gasteiger partial charge in [-0.1, -0.05) is 170 Å². The first-order valence-electron chi connectivity index (χ1n) is 17.6. The van der Waals surface area contributed by atoms with E-state index in [1.54, 1.807) is 0 Å². The molecule has 0 fully saturated rings. The summed E-state index contributed by atoms with van der Waals surface area (Å²) in [4.78, 5) is 15.4. The van der Waals surface area contributed by atoms with E-state index >= 15 is 0 Å². The molecule has 52 heavy (non-hydrogen) atoms. The number of para-hydroxylation sites is 1. The second-order valence-electron chi connectivity index (χ2n) is 13.2. The summed E-state index contributed by atoms with van der Waals surface area (Å²) < 4.78 is 0. The molecule has 0 aliphatic heterocycles. The van der Waals surface area contributed by atoms with Gasteiger partial charge in [0.15, 0.2) is 5.82 Å². The predicted octanol–water partition coefficient (Wildman–Crippen LogP) is 12.8. The van der Waals surface area contributed by atoms with Gasteiger partial charge >= 0.3 is 0 Å². The van der Waals surface area contributed by atoms with Crippen molar-refractivity contribution in [2.75, 3.05) is 0 Å². The van der Waals surface area contributed by atoms with E-state index in [9.17, 15) is 0 Å². The second-order valence-corrected chi connectivity index (χ2v) is 13.2. The summed E-state index contributed by atoms with van der Waals surface area (Å²) >= 11 is 0. The van der Waals surface area contributed by atoms with E-state index in [-0.39, 0.29) is 0 Å². The van der Waals surface area contributed by atoms with Gasteiger partial charge in [0.2, 0.25) is 0 Å². The molecule has 242 valence electrons. The molecule has 0 aliphatic carbocycles. The Bertz CT molecular complexity index is 2880. The highest BCUT2D eigenvalue weighted by Crippen LogP contribution is 2.43. The first-order chi connectivity index (χ1) is 25.8. The maximum Gasteiger partial charge on any atom is 0.160 e. The maximum absolute atomic E-state index is 5.37. The van der Waals surface area contributed by atoms with Crippen molar-refractivity contribution in [3.05, 3.63) is 188 Å². The highest BCUT2D eigenvalue weighted by molar-refractivity contribution is 6.33. The number of benzene rings is 8. The number of rotatable bonds is 5. The van der Waals surface area contributed by atoms with E-state index < -0.39 is 0 Å². The molecular weight excluding hydrogens is 631 g/mol. The quantitative estimate of drug-likeness (QED) is 0.172. The molecule has 3 heteroatoms. The lowest BCUT2D eigenvalue weighted by atomic mass is 9.89. The molecule has 3 nitrogen and oxygen atoms in total. The van der Waals surface area contributed by atoms with E-state index in [1.165, 1.54) is 37.7 Å². The molecule has 0 amide bonds. The third-order valence-electron chi connectivity index (χ3n) is 10.1. The van der Waals surface area contributed by atoms with Gasteiger partial charge in [-0.25, -0.2) is 15.0 Å². The number of nitrogens with zero attached hydrogens (tertiary/aromatic N) is 3. The molecule has 0 aliphatic rings. The summed E-state index contributed by atoms with van der Waals surface area (Å²) in [6.07, 6.45) is 0. The Morgan fingerprint density at radius 2 is 0.750 bits per heavy atom. The van der Waals surface area contributed by atoms with Crippen molar-refractivity contribution in [3.63, 3.8) is 0 Å². The average molecular weight is 662 g/mol. The van der Waals surface area contributed by atoms with Crippen LogP contribution >= 0.6 is 0 Å². The van der Waals surface area contributed by atoms with Gasteiger partial charge in [0.25, 0.3) is 0 Å². The van der Waals surface area contributed by atoms with E-state index in [4.69, 9.17) is 15.0 Å². The minimum atomic E-state index is 0.700. The molecule has 0 spiro atoms. The molecule has 0 N–H and O–H groups in total. The molecule has 2 heterocycles. The molecule has 8 aromatic carbocycles. The van der Waals surface area contributed by atoms with Crippen molar-refractivity contribution in [2.24, 2.45) is 0 Å². The van der Waals surface area contributed by atoms with Gasteiger partial charge in [0.1, 0.15) is 0 Å². The minimum Gasteiger partial charge on any atom is -0.247 e. The van der Waals surface area contributed by atoms with Crippen molar-refractivity contribution in [2.45, 2.75) is 0 Å². The van der Waals surface area contributed by atoms with Crippen LogP contribution in [0.15, 0.2) is 188 Å². The molecular formula is C49H31N3. The topological polar surface area (TPSA) is 38.7 Å². The van der Waals surface area contributed by atoms with Crippen LogP contribution in [0.25, 0.3) is 99.5 Å². The lowest BCUT2D eigenvalue weighted by Gasteiger charge is -2.16. The highest BCUT2D eigenvalue weighted by atomic mass is 14.9. The van der Waals surface area contributed by atoms with E-state index in [2.05, 4.69) is 152 Å². The summed E-state index contributed by atoms with van der Waals surface area (Å²) in [5.74, 6) is 0.700. The summed E-state index contributed by atoms with van der Waals surface area (Å²) in [6.45, 7) is 0. The van der Waals surface area contributed by atoms with Crippen LogP contribution in [-0.2, 0) is 0 Å². The van der Waals surface area contributed by atoms with Crippen molar-refractivity contribution < 1.29 is 0 Å². The number of aromatic nitrogens is 3. The van der Waals surface area contributed by atoms with Gasteiger partial charge in [0.05, 0.1) is 22.6 Å². The van der Waals surface area contributed by atoms with Gasteiger partial charge < -0.3 is 0 Å². The summed E-state index contributed by atoms with van der Waals surface area (Å²) in [7, 11) is 0. The second kappa shape index (κ2) is 12.4. The predicted molar refractivity (Wildman–Crippen MR) is 217 cm³/mol. The van der Waals surface area contributed by atoms with Gasteiger partial charge in [-0.05, 0) is 50.9 Å². The van der Waals surface area contributed by atoms with Gasteiger partial charge in [-0.3, -0.25) is 0 Å². The molecule has 10 aromatic rings. The smallest absolute Gasteiger partial charge is 0.160 e. The third-order valence-corrected chi connectivity index (χ3v) is 10.1. The van der Waals surface area contributed by atoms with Gasteiger partial charge in [-0.15, -0.1) is 0 Å². The van der Waals surface area contributed by atoms with Crippen LogP contribution < -0.4 is 0 Å². The molecule has 0 radical (unpaired) electrons. The van der Waals surface area contributed by atoms with E-state index in [0.717, 1.165) is 56.0 Å². The molecule has 0 saturated carbocycles. The Hall–Kier alpha value is -6.97. The van der Waals surface area contributed by atoms with E-state index in [0.29, 0.717) is 5.82 Å². The monoisotopic (exact) mass is 661 g/mol. The van der Waals surface area contributed by atoms with Crippen LogP contribution in [0.1, 0.15) is 0 Å². The van der Waals surface area contributed by atoms with Crippen molar-refractivity contribution in [1.82, 2.24) is 15.0 Å². The molecule has 0 atom stereocenters. The van der Waals surface area contributed by atoms with Crippen LogP contribution in [0.4, 0.5) is 0 Å². The first-order valence-corrected chi connectivity index (χ1v) is 17.6. The summed E-state index contributed by atoms with van der Waals surface area (Å²) in [5.41, 5.74) is 10.2. The SMILES string of the molecule is c1ccc(-c2cc(-c3ccccc3)nc(-c3ccc(-c4cccc(-c5nc6ccccc6c6c7ccccc7c7ccccc7c56)c4)cc3)n2)cc1. The highest BCUT2D eigenvalue weighted by Gasteiger charge is 2.18. The average Bonchev–Trinajstić information content (AvgIpc) is 3.24. The van der Waals surface area contributed by atoms with Crippen LogP contribution in [0.3, 0.4) is 0 Å². The fraction of sp³-hybridized carbons (Fsp3) is 0. The summed E-state index contributed by atoms with van der Waals surface area (Å²) in [6, 6.07) is 66.1. The normalized spacial score (nSPS) is 11.5. The molecule has 0 unspecified atom stereocenters. The zero-order valence-electron chi connectivity index (χ0n) is 28.2. The molecule has 0 saturated heterocycles. The zero-order valence-corrected chi connectivity index (χ0v) is 28.2. The van der Waals surface area contributed by atoms with Crippen LogP contribution in [0.2, 0.25) is 0 Å². The van der Waals surface area contributed by atoms with Crippen LogP contribution in [0, 0.1) is 0 Å². The Morgan fingerprint density at radius 3 is 1.38 bits per heavy atom. The van der Waals surface area contributed by atoms with Gasteiger partial charge in [-0.2, -0.15) is 0 Å². The van der Waals surface area contributed by atoms with Gasteiger partial charge in [0, 0.05) is 38.4 Å². The molecule has 2 aromatic heterocycles. The lowest BCUT2D eigenvalue weighted by molar-refractivity contribution is 1.18. The zero-order chi connectivity index (χ0) is 34.4. The third kappa shape index (κ3) is 5.10. The Balaban J connectivity index is 1.11. The number of fused-ring (bicyclic) bond motifs is 8. The minimum absolute atomic E-state index is 0.700. The van der Waals surface area contributed by atoms with E-state index in [1.807, 2.05) is 36.4 Å². The molecule has 10 rings (SSSR count). The fourth-order valence-electron chi connectivity index (χ4n) is 7.58. The number of pyridine rings is 1. The summed E-state index contributed by atoms with van der Waals surface area (Å²) in [5, 5.41) is 8.57. The van der Waals surface area contributed by atoms with Crippen molar-refractivity contribution in [3.8, 4) is 56.3 Å².